The first-order valence-electron chi connectivity index (χ1n) is 13.9. The summed E-state index contributed by atoms with van der Waals surface area (Å²) >= 11 is 0. The van der Waals surface area contributed by atoms with Crippen LogP contribution in [0.3, 0.4) is 0 Å². The number of anilines is 1. The Bertz CT molecular complexity index is 1470. The van der Waals surface area contributed by atoms with Crippen LogP contribution in [-0.4, -0.2) is 46.8 Å². The van der Waals surface area contributed by atoms with Crippen LogP contribution in [0.15, 0.2) is 42.5 Å². The van der Waals surface area contributed by atoms with E-state index in [0.717, 1.165) is 5.56 Å². The smallest absolute Gasteiger partial charge is 0.407 e. The summed E-state index contributed by atoms with van der Waals surface area (Å²) in [4.78, 5) is 37.9. The standard InChI is InChI=1S/C31H37N5O5/c1-5-40-29(38)21-9-6-19(7-10-21)18-36-25-16-20(17-32)8-15-24(25)26(33)27(36)28(37)34-22-11-13-23(14-12-22)35-30(39)41-31(2,3)4/h6-10,15-16,22-23H,5,11-14,18,33H2,1-4H3,(H,34,37)(H,35,39). The van der Waals surface area contributed by atoms with Gasteiger partial charge in [-0.1, -0.05) is 12.1 Å². The monoisotopic (exact) mass is 559 g/mol. The van der Waals surface area contributed by atoms with Crippen LogP contribution in [0, 0.1) is 11.3 Å². The first-order valence-corrected chi connectivity index (χ1v) is 13.9. The van der Waals surface area contributed by atoms with Crippen molar-refractivity contribution < 1.29 is 23.9 Å². The molecular weight excluding hydrogens is 522 g/mol. The number of nitrogens with one attached hydrogen (secondary N) is 2. The number of amides is 2. The Morgan fingerprint density at radius 1 is 1.02 bits per heavy atom. The van der Waals surface area contributed by atoms with Gasteiger partial charge >= 0.3 is 12.1 Å². The first kappa shape index (κ1) is 29.5. The van der Waals surface area contributed by atoms with Crippen LogP contribution >= 0.6 is 0 Å². The molecule has 2 aromatic carbocycles. The molecule has 0 aliphatic heterocycles. The predicted molar refractivity (Wildman–Crippen MR) is 155 cm³/mol. The van der Waals surface area contributed by atoms with E-state index in [0.29, 0.717) is 65.6 Å². The molecule has 1 heterocycles. The van der Waals surface area contributed by atoms with Crippen molar-refractivity contribution in [2.45, 2.75) is 77.6 Å². The summed E-state index contributed by atoms with van der Waals surface area (Å²) in [5.41, 5.74) is 9.03. The van der Waals surface area contributed by atoms with Gasteiger partial charge in [-0.25, -0.2) is 9.59 Å². The second kappa shape index (κ2) is 12.3. The molecule has 0 unspecified atom stereocenters. The topological polar surface area (TPSA) is 148 Å². The molecule has 0 bridgehead atoms. The average Bonchev–Trinajstić information content (AvgIpc) is 3.19. The lowest BCUT2D eigenvalue weighted by molar-refractivity contribution is 0.0485. The Morgan fingerprint density at radius 2 is 1.66 bits per heavy atom. The Morgan fingerprint density at radius 3 is 2.24 bits per heavy atom. The molecule has 10 nitrogen and oxygen atoms in total. The molecule has 2 amide bonds. The molecule has 1 aliphatic rings. The normalized spacial score (nSPS) is 17.0. The maximum atomic E-state index is 13.7. The lowest BCUT2D eigenvalue weighted by atomic mass is 9.91. The van der Waals surface area contributed by atoms with Gasteiger partial charge in [0.05, 0.1) is 35.0 Å². The van der Waals surface area contributed by atoms with Gasteiger partial charge in [-0.2, -0.15) is 5.26 Å². The number of carbonyl (C=O) groups excluding carboxylic acids is 3. The number of aromatic nitrogens is 1. The minimum atomic E-state index is -0.565. The summed E-state index contributed by atoms with van der Waals surface area (Å²) in [7, 11) is 0. The molecule has 41 heavy (non-hydrogen) atoms. The summed E-state index contributed by atoms with van der Waals surface area (Å²) in [5, 5.41) is 16.2. The molecule has 1 saturated carbocycles. The highest BCUT2D eigenvalue weighted by Crippen LogP contribution is 2.31. The molecule has 3 aromatic rings. The fraction of sp³-hybridized carbons (Fsp3) is 0.419. The highest BCUT2D eigenvalue weighted by atomic mass is 16.6. The predicted octanol–water partition coefficient (Wildman–Crippen LogP) is 4.89. The van der Waals surface area contributed by atoms with E-state index in [1.807, 2.05) is 37.5 Å². The van der Waals surface area contributed by atoms with E-state index < -0.39 is 17.7 Å². The van der Waals surface area contributed by atoms with Crippen LogP contribution in [-0.2, 0) is 16.0 Å². The number of fused-ring (bicyclic) bond motifs is 1. The zero-order chi connectivity index (χ0) is 29.7. The number of hydrogen-bond acceptors (Lipinski definition) is 7. The van der Waals surface area contributed by atoms with Crippen LogP contribution in [0.25, 0.3) is 10.9 Å². The van der Waals surface area contributed by atoms with Crippen LogP contribution in [0.1, 0.15) is 85.4 Å². The van der Waals surface area contributed by atoms with Crippen molar-refractivity contribution in [3.63, 3.8) is 0 Å². The molecule has 1 aliphatic carbocycles. The molecule has 1 aromatic heterocycles. The second-order valence-electron chi connectivity index (χ2n) is 11.3. The molecule has 4 N–H and O–H groups in total. The lowest BCUT2D eigenvalue weighted by Crippen LogP contribution is -2.45. The number of nitrogens with zero attached hydrogens (tertiary/aromatic N) is 2. The molecule has 0 spiro atoms. The van der Waals surface area contributed by atoms with Gasteiger partial charge in [-0.15, -0.1) is 0 Å². The zero-order valence-corrected chi connectivity index (χ0v) is 24.0. The van der Waals surface area contributed by atoms with Gasteiger partial charge < -0.3 is 30.4 Å². The summed E-state index contributed by atoms with van der Waals surface area (Å²) in [6.45, 7) is 7.82. The highest BCUT2D eigenvalue weighted by molar-refractivity contribution is 6.08. The van der Waals surface area contributed by atoms with Gasteiger partial charge in [0.25, 0.3) is 5.91 Å². The number of nitriles is 1. The number of nitrogen functional groups attached to an aromatic ring is 1. The molecular formula is C31H37N5O5. The van der Waals surface area contributed by atoms with Crippen LogP contribution in [0.2, 0.25) is 0 Å². The Labute approximate surface area is 239 Å². The summed E-state index contributed by atoms with van der Waals surface area (Å²) < 4.78 is 12.2. The number of alkyl carbamates (subject to hydrolysis) is 1. The summed E-state index contributed by atoms with van der Waals surface area (Å²) in [5.74, 6) is -0.701. The fourth-order valence-corrected chi connectivity index (χ4v) is 5.11. The zero-order valence-electron chi connectivity index (χ0n) is 24.0. The van der Waals surface area contributed by atoms with Crippen molar-refractivity contribution in [2.75, 3.05) is 12.3 Å². The van der Waals surface area contributed by atoms with E-state index in [4.69, 9.17) is 15.2 Å². The van der Waals surface area contributed by atoms with Crippen molar-refractivity contribution in [3.05, 3.63) is 64.8 Å². The molecule has 0 atom stereocenters. The third-order valence-corrected chi connectivity index (χ3v) is 7.04. The fourth-order valence-electron chi connectivity index (χ4n) is 5.11. The summed E-state index contributed by atoms with van der Waals surface area (Å²) in [6, 6.07) is 14.2. The third kappa shape index (κ3) is 7.17. The highest BCUT2D eigenvalue weighted by Gasteiger charge is 2.28. The van der Waals surface area contributed by atoms with Gasteiger partial charge in [0.2, 0.25) is 0 Å². The first-order chi connectivity index (χ1) is 19.5. The Kier molecular flexibility index (Phi) is 8.86. The van der Waals surface area contributed by atoms with Crippen molar-refractivity contribution in [3.8, 4) is 6.07 Å². The molecule has 4 rings (SSSR count). The van der Waals surface area contributed by atoms with Gasteiger partial charge in [0, 0.05) is 24.0 Å². The van der Waals surface area contributed by atoms with Gasteiger partial charge in [-0.3, -0.25) is 4.79 Å². The van der Waals surface area contributed by atoms with E-state index >= 15 is 0 Å². The largest absolute Gasteiger partial charge is 0.462 e. The molecule has 1 fully saturated rings. The minimum absolute atomic E-state index is 0.0171. The maximum absolute atomic E-state index is 13.7. The number of ether oxygens (including phenoxy) is 2. The van der Waals surface area contributed by atoms with Gasteiger partial charge in [0.1, 0.15) is 11.3 Å². The van der Waals surface area contributed by atoms with E-state index in [1.165, 1.54) is 0 Å². The summed E-state index contributed by atoms with van der Waals surface area (Å²) in [6.07, 6.45) is 2.37. The van der Waals surface area contributed by atoms with Crippen LogP contribution in [0.5, 0.6) is 0 Å². The SMILES string of the molecule is CCOC(=O)c1ccc(Cn2c(C(=O)NC3CCC(NC(=O)OC(C)(C)C)CC3)c(N)c3ccc(C#N)cc32)cc1. The molecule has 216 valence electrons. The number of carbonyl (C=O) groups is 3. The number of rotatable bonds is 7. The van der Waals surface area contributed by atoms with E-state index in [2.05, 4.69) is 16.7 Å². The van der Waals surface area contributed by atoms with E-state index in [1.54, 1.807) is 37.3 Å². The third-order valence-electron chi connectivity index (χ3n) is 7.04. The van der Waals surface area contributed by atoms with Gasteiger partial charge in [-0.05, 0) is 89.3 Å². The van der Waals surface area contributed by atoms with Crippen molar-refractivity contribution in [1.29, 1.82) is 5.26 Å². The number of nitrogens with two attached hydrogens (primary N) is 1. The quantitative estimate of drug-likeness (QED) is 0.349. The minimum Gasteiger partial charge on any atom is -0.462 e. The molecule has 0 radical (unpaired) electrons. The number of benzene rings is 2. The Balaban J connectivity index is 1.53. The van der Waals surface area contributed by atoms with Gasteiger partial charge in [0.15, 0.2) is 0 Å². The van der Waals surface area contributed by atoms with Crippen molar-refractivity contribution in [2.24, 2.45) is 0 Å². The second-order valence-corrected chi connectivity index (χ2v) is 11.3. The van der Waals surface area contributed by atoms with Crippen molar-refractivity contribution >= 4 is 34.6 Å². The van der Waals surface area contributed by atoms with Crippen molar-refractivity contribution in [1.82, 2.24) is 15.2 Å². The van der Waals surface area contributed by atoms with E-state index in [-0.39, 0.29) is 24.6 Å². The average molecular weight is 560 g/mol. The Hall–Kier alpha value is -4.52. The number of hydrogen-bond donors (Lipinski definition) is 3. The molecule has 0 saturated heterocycles. The number of esters is 1. The lowest BCUT2D eigenvalue weighted by Gasteiger charge is -2.30. The van der Waals surface area contributed by atoms with Crippen LogP contribution in [0.4, 0.5) is 10.5 Å². The van der Waals surface area contributed by atoms with E-state index in [9.17, 15) is 19.6 Å². The van der Waals surface area contributed by atoms with Crippen LogP contribution < -0.4 is 16.4 Å². The maximum Gasteiger partial charge on any atom is 0.407 e. The molecule has 10 heteroatoms.